The van der Waals surface area contributed by atoms with Crippen molar-refractivity contribution in [3.05, 3.63) is 66.0 Å². The summed E-state index contributed by atoms with van der Waals surface area (Å²) in [7, 11) is 0. The maximum absolute atomic E-state index is 12.0. The minimum Gasteiger partial charge on any atom is -0.266 e. The smallest absolute Gasteiger partial charge is 0.266 e. The first-order valence-corrected chi connectivity index (χ1v) is 5.38. The number of rotatable bonds is 1. The molecule has 0 spiro atoms. The predicted molar refractivity (Wildman–Crippen MR) is 67.0 cm³/mol. The number of hydrogen-bond donors (Lipinski definition) is 0. The number of hydrogen-bond acceptors (Lipinski definition) is 2. The Morgan fingerprint density at radius 2 is 1.94 bits per heavy atom. The van der Waals surface area contributed by atoms with Crippen LogP contribution in [0, 0.1) is 0 Å². The van der Waals surface area contributed by atoms with Gasteiger partial charge in [-0.25, -0.2) is 4.99 Å². The molecule has 1 amide bonds. The van der Waals surface area contributed by atoms with Crippen LogP contribution in [0.5, 0.6) is 0 Å². The second kappa shape index (κ2) is 3.87. The third-order valence-electron chi connectivity index (χ3n) is 2.61. The quantitative estimate of drug-likeness (QED) is 0.671. The lowest BCUT2D eigenvalue weighted by Gasteiger charge is -2.11. The van der Waals surface area contributed by atoms with E-state index in [1.54, 1.807) is 17.2 Å². The van der Waals surface area contributed by atoms with Crippen molar-refractivity contribution in [3.63, 3.8) is 0 Å². The first-order chi connectivity index (χ1) is 8.34. The summed E-state index contributed by atoms with van der Waals surface area (Å²) in [6.07, 6.45) is 9.04. The molecule has 0 fully saturated rings. The summed E-state index contributed by atoms with van der Waals surface area (Å²) in [6, 6.07) is 9.71. The molecule has 0 aromatic heterocycles. The highest BCUT2D eigenvalue weighted by Gasteiger charge is 2.27. The number of nitrogens with zero attached hydrogens (tertiary/aromatic N) is 2. The van der Waals surface area contributed by atoms with Crippen LogP contribution < -0.4 is 0 Å². The van der Waals surface area contributed by atoms with E-state index in [4.69, 9.17) is 0 Å². The second-order valence-electron chi connectivity index (χ2n) is 3.79. The number of amidine groups is 1. The Labute approximate surface area is 99.1 Å². The van der Waals surface area contributed by atoms with E-state index in [1.165, 1.54) is 0 Å². The summed E-state index contributed by atoms with van der Waals surface area (Å²) >= 11 is 0. The molecule has 1 aromatic carbocycles. The molecule has 2 aliphatic rings. The molecule has 3 nitrogen and oxygen atoms in total. The second-order valence-corrected chi connectivity index (χ2v) is 3.79. The normalized spacial score (nSPS) is 19.8. The average Bonchev–Trinajstić information content (AvgIpc) is 2.68. The molecule has 1 aromatic rings. The summed E-state index contributed by atoms with van der Waals surface area (Å²) in [5.74, 6) is 0.601. The topological polar surface area (TPSA) is 32.7 Å². The van der Waals surface area contributed by atoms with Gasteiger partial charge >= 0.3 is 0 Å². The number of benzene rings is 1. The van der Waals surface area contributed by atoms with Gasteiger partial charge in [-0.3, -0.25) is 9.69 Å². The number of amides is 1. The molecular formula is C14H10N2O. The van der Waals surface area contributed by atoms with Gasteiger partial charge in [0, 0.05) is 6.20 Å². The maximum atomic E-state index is 12.0. The molecule has 3 heteroatoms. The molecule has 2 aliphatic heterocycles. The monoisotopic (exact) mass is 222 g/mol. The molecule has 0 radical (unpaired) electrons. The molecule has 82 valence electrons. The molecule has 0 unspecified atom stereocenters. The fourth-order valence-corrected chi connectivity index (χ4v) is 1.79. The molecule has 0 N–H and O–H groups in total. The Hall–Kier alpha value is -2.42. The van der Waals surface area contributed by atoms with Gasteiger partial charge in [-0.2, -0.15) is 0 Å². The standard InChI is InChI=1S/C14H10N2O/c17-14-12(10-11-6-2-1-3-7-11)15-13-8-4-5-9-16(13)14/h1-10H/b12-10+. The molecule has 0 saturated heterocycles. The van der Waals surface area contributed by atoms with Crippen LogP contribution in [0.3, 0.4) is 0 Å². The van der Waals surface area contributed by atoms with Gasteiger partial charge in [-0.1, -0.05) is 36.4 Å². The van der Waals surface area contributed by atoms with E-state index in [0.717, 1.165) is 5.56 Å². The molecule has 0 bridgehead atoms. The van der Waals surface area contributed by atoms with Crippen molar-refractivity contribution in [1.29, 1.82) is 0 Å². The molecular weight excluding hydrogens is 212 g/mol. The van der Waals surface area contributed by atoms with E-state index in [0.29, 0.717) is 11.5 Å². The highest BCUT2D eigenvalue weighted by molar-refractivity contribution is 6.18. The highest BCUT2D eigenvalue weighted by Crippen LogP contribution is 2.20. The maximum Gasteiger partial charge on any atom is 0.282 e. The van der Waals surface area contributed by atoms with Gasteiger partial charge in [0.1, 0.15) is 11.5 Å². The van der Waals surface area contributed by atoms with Gasteiger partial charge in [0.2, 0.25) is 0 Å². The lowest BCUT2D eigenvalue weighted by Crippen LogP contribution is -2.26. The average molecular weight is 222 g/mol. The number of fused-ring (bicyclic) bond motifs is 1. The highest BCUT2D eigenvalue weighted by atomic mass is 16.2. The Bertz CT molecular complexity index is 579. The zero-order chi connectivity index (χ0) is 11.7. The number of aliphatic imine (C=N–C) groups is 1. The van der Waals surface area contributed by atoms with Crippen molar-refractivity contribution in [3.8, 4) is 0 Å². The van der Waals surface area contributed by atoms with Gasteiger partial charge in [-0.15, -0.1) is 0 Å². The van der Waals surface area contributed by atoms with E-state index in [9.17, 15) is 4.79 Å². The summed E-state index contributed by atoms with van der Waals surface area (Å²) in [5, 5.41) is 0. The van der Waals surface area contributed by atoms with Crippen LogP contribution in [0.25, 0.3) is 6.08 Å². The van der Waals surface area contributed by atoms with Gasteiger partial charge in [0.15, 0.2) is 0 Å². The summed E-state index contributed by atoms with van der Waals surface area (Å²) in [6.45, 7) is 0. The van der Waals surface area contributed by atoms with Crippen molar-refractivity contribution >= 4 is 17.8 Å². The van der Waals surface area contributed by atoms with Crippen molar-refractivity contribution in [2.75, 3.05) is 0 Å². The van der Waals surface area contributed by atoms with Gasteiger partial charge < -0.3 is 0 Å². The third kappa shape index (κ3) is 1.72. The molecule has 0 atom stereocenters. The SMILES string of the molecule is O=C1/C(=C\c2ccccc2)N=C2C=CC=CN12. The van der Waals surface area contributed by atoms with Crippen LogP contribution in [0.15, 0.2) is 65.4 Å². The number of allylic oxidation sites excluding steroid dienone is 2. The van der Waals surface area contributed by atoms with Crippen molar-refractivity contribution in [1.82, 2.24) is 4.90 Å². The zero-order valence-corrected chi connectivity index (χ0v) is 9.08. The van der Waals surface area contributed by atoms with Crippen LogP contribution >= 0.6 is 0 Å². The molecule has 2 heterocycles. The minimum absolute atomic E-state index is 0.0792. The molecule has 3 rings (SSSR count). The van der Waals surface area contributed by atoms with E-state index in [1.807, 2.05) is 48.6 Å². The van der Waals surface area contributed by atoms with Crippen LogP contribution in [0.2, 0.25) is 0 Å². The Kier molecular flexibility index (Phi) is 2.22. The summed E-state index contributed by atoms with van der Waals surface area (Å²) in [4.78, 5) is 17.9. The minimum atomic E-state index is -0.0792. The Balaban J connectivity index is 1.99. The van der Waals surface area contributed by atoms with Crippen LogP contribution in [-0.4, -0.2) is 16.6 Å². The van der Waals surface area contributed by atoms with Crippen LogP contribution in [-0.2, 0) is 4.79 Å². The van der Waals surface area contributed by atoms with Gasteiger partial charge in [0.05, 0.1) is 0 Å². The lowest BCUT2D eigenvalue weighted by atomic mass is 10.2. The van der Waals surface area contributed by atoms with E-state index in [-0.39, 0.29) is 5.91 Å². The van der Waals surface area contributed by atoms with Crippen LogP contribution in [0.1, 0.15) is 5.56 Å². The van der Waals surface area contributed by atoms with E-state index < -0.39 is 0 Å². The van der Waals surface area contributed by atoms with Crippen molar-refractivity contribution < 1.29 is 4.79 Å². The Morgan fingerprint density at radius 1 is 1.12 bits per heavy atom. The van der Waals surface area contributed by atoms with E-state index in [2.05, 4.69) is 4.99 Å². The molecule has 0 saturated carbocycles. The van der Waals surface area contributed by atoms with Crippen molar-refractivity contribution in [2.24, 2.45) is 4.99 Å². The predicted octanol–water partition coefficient (Wildman–Crippen LogP) is 2.35. The molecule has 17 heavy (non-hydrogen) atoms. The van der Waals surface area contributed by atoms with Crippen molar-refractivity contribution in [2.45, 2.75) is 0 Å². The van der Waals surface area contributed by atoms with Gasteiger partial charge in [-0.05, 0) is 23.8 Å². The van der Waals surface area contributed by atoms with E-state index >= 15 is 0 Å². The largest absolute Gasteiger partial charge is 0.282 e. The summed E-state index contributed by atoms with van der Waals surface area (Å²) < 4.78 is 0. The lowest BCUT2D eigenvalue weighted by molar-refractivity contribution is -0.120. The number of carbonyl (C=O) groups is 1. The third-order valence-corrected chi connectivity index (χ3v) is 2.61. The Morgan fingerprint density at radius 3 is 2.71 bits per heavy atom. The number of carbonyl (C=O) groups excluding carboxylic acids is 1. The molecule has 0 aliphatic carbocycles. The van der Waals surface area contributed by atoms with Crippen LogP contribution in [0.4, 0.5) is 0 Å². The first-order valence-electron chi connectivity index (χ1n) is 5.38. The fourth-order valence-electron chi connectivity index (χ4n) is 1.79. The first kappa shape index (κ1) is 9.78. The van der Waals surface area contributed by atoms with Gasteiger partial charge in [0.25, 0.3) is 5.91 Å². The fraction of sp³-hybridized carbons (Fsp3) is 0. The summed E-state index contributed by atoms with van der Waals surface area (Å²) in [5.41, 5.74) is 1.45. The zero-order valence-electron chi connectivity index (χ0n) is 9.08.